The van der Waals surface area contributed by atoms with E-state index in [1.807, 2.05) is 24.5 Å². The molecule has 5 nitrogen and oxygen atoms in total. The van der Waals surface area contributed by atoms with Gasteiger partial charge < -0.3 is 9.47 Å². The highest BCUT2D eigenvalue weighted by molar-refractivity contribution is 5.91. The number of hydrogen-bond acceptors (Lipinski definition) is 5. The molecule has 6 heteroatoms. The van der Waals surface area contributed by atoms with E-state index in [4.69, 9.17) is 9.47 Å². The van der Waals surface area contributed by atoms with Gasteiger partial charge in [-0.25, -0.2) is 14.8 Å². The highest BCUT2D eigenvalue weighted by Crippen LogP contribution is 2.21. The molecule has 0 radical (unpaired) electrons. The lowest BCUT2D eigenvalue weighted by Gasteiger charge is -2.08. The lowest BCUT2D eigenvalue weighted by Crippen LogP contribution is -2.08. The van der Waals surface area contributed by atoms with Crippen molar-refractivity contribution >= 4 is 5.97 Å². The van der Waals surface area contributed by atoms with E-state index in [2.05, 4.69) is 16.9 Å². The summed E-state index contributed by atoms with van der Waals surface area (Å²) >= 11 is 0. The number of aromatic nitrogens is 2. The fourth-order valence-corrected chi connectivity index (χ4v) is 4.54. The largest absolute Gasteiger partial charge is 0.494 e. The molecule has 0 spiro atoms. The Bertz CT molecular complexity index is 1090. The van der Waals surface area contributed by atoms with Crippen molar-refractivity contribution in [1.82, 2.24) is 9.97 Å². The highest BCUT2D eigenvalue weighted by Gasteiger charge is 2.10. The highest BCUT2D eigenvalue weighted by atomic mass is 19.1. The average Bonchev–Trinajstić information content (AvgIpc) is 2.99. The van der Waals surface area contributed by atoms with E-state index >= 15 is 0 Å². The number of aryl methyl sites for hydroxylation is 1. The summed E-state index contributed by atoms with van der Waals surface area (Å²) in [5.74, 6) is 1.44. The maximum Gasteiger partial charge on any atom is 0.343 e. The van der Waals surface area contributed by atoms with Gasteiger partial charge >= 0.3 is 5.97 Å². The van der Waals surface area contributed by atoms with Crippen LogP contribution >= 0.6 is 0 Å². The molecule has 0 fully saturated rings. The van der Waals surface area contributed by atoms with E-state index < -0.39 is 5.97 Å². The van der Waals surface area contributed by atoms with Crippen LogP contribution in [0.2, 0.25) is 0 Å². The fraction of sp³-hybridized carbons (Fsp3) is 0.500. The SMILES string of the molecule is CCCCCCCCCc1cnc(-c2ccc(OC(=O)c3ccc(OCCCCCCCCF)cc3)cc2)nc1. The van der Waals surface area contributed by atoms with Gasteiger partial charge in [0.15, 0.2) is 5.82 Å². The summed E-state index contributed by atoms with van der Waals surface area (Å²) in [5, 5.41) is 0. The monoisotopic (exact) mass is 548 g/mol. The quantitative estimate of drug-likeness (QED) is 0.0799. The fourth-order valence-electron chi connectivity index (χ4n) is 4.54. The van der Waals surface area contributed by atoms with E-state index in [0.29, 0.717) is 30.2 Å². The molecule has 3 aromatic rings. The Morgan fingerprint density at radius 1 is 0.700 bits per heavy atom. The van der Waals surface area contributed by atoms with Gasteiger partial charge in [-0.2, -0.15) is 0 Å². The number of ether oxygens (including phenoxy) is 2. The molecule has 0 atom stereocenters. The van der Waals surface area contributed by atoms with Gasteiger partial charge in [0.2, 0.25) is 0 Å². The van der Waals surface area contributed by atoms with Crippen LogP contribution in [0.1, 0.15) is 106 Å². The van der Waals surface area contributed by atoms with Crippen LogP contribution in [0, 0.1) is 0 Å². The zero-order chi connectivity index (χ0) is 28.3. The Morgan fingerprint density at radius 3 is 1.93 bits per heavy atom. The second-order valence-corrected chi connectivity index (χ2v) is 10.4. The molecule has 2 aromatic carbocycles. The number of nitrogens with zero attached hydrogens (tertiary/aromatic N) is 2. The van der Waals surface area contributed by atoms with E-state index in [9.17, 15) is 9.18 Å². The van der Waals surface area contributed by atoms with Crippen LogP contribution in [0.3, 0.4) is 0 Å². The van der Waals surface area contributed by atoms with E-state index in [0.717, 1.165) is 49.8 Å². The Labute approximate surface area is 239 Å². The third-order valence-electron chi connectivity index (χ3n) is 6.98. The second kappa shape index (κ2) is 18.9. The van der Waals surface area contributed by atoms with Gasteiger partial charge in [-0.05, 0) is 79.8 Å². The molecule has 0 aliphatic carbocycles. The Morgan fingerprint density at radius 2 is 1.27 bits per heavy atom. The predicted octanol–water partition coefficient (Wildman–Crippen LogP) is 9.34. The van der Waals surface area contributed by atoms with Gasteiger partial charge in [0, 0.05) is 18.0 Å². The first-order chi connectivity index (χ1) is 19.7. The lowest BCUT2D eigenvalue weighted by atomic mass is 10.1. The topological polar surface area (TPSA) is 61.3 Å². The summed E-state index contributed by atoms with van der Waals surface area (Å²) in [4.78, 5) is 21.7. The van der Waals surface area contributed by atoms with Crippen LogP contribution in [-0.4, -0.2) is 29.2 Å². The van der Waals surface area contributed by atoms with Crippen LogP contribution in [-0.2, 0) is 6.42 Å². The van der Waals surface area contributed by atoms with Crippen molar-refractivity contribution in [3.8, 4) is 22.9 Å². The number of alkyl halides is 1. The first-order valence-electron chi connectivity index (χ1n) is 15.1. The average molecular weight is 549 g/mol. The molecule has 0 aliphatic rings. The number of carbonyl (C=O) groups excluding carboxylic acids is 1. The first kappa shape index (κ1) is 31.3. The smallest absolute Gasteiger partial charge is 0.343 e. The minimum absolute atomic E-state index is 0.219. The summed E-state index contributed by atoms with van der Waals surface area (Å²) in [6, 6.07) is 14.3. The number of unbranched alkanes of at least 4 members (excludes halogenated alkanes) is 11. The first-order valence-corrected chi connectivity index (χ1v) is 15.1. The molecule has 0 saturated carbocycles. The molecular weight excluding hydrogens is 503 g/mol. The standard InChI is InChI=1S/C34H45FN2O3/c1-2-3-4-5-6-9-12-15-28-26-36-33(37-27-28)29-16-22-32(23-17-29)40-34(38)30-18-20-31(21-19-30)39-25-14-11-8-7-10-13-24-35/h16-23,26-27H,2-15,24-25H2,1H3. The molecular formula is C34H45FN2O3. The number of rotatable bonds is 20. The van der Waals surface area contributed by atoms with Crippen molar-refractivity contribution in [3.05, 3.63) is 72.1 Å². The zero-order valence-electron chi connectivity index (χ0n) is 24.1. The van der Waals surface area contributed by atoms with Crippen molar-refractivity contribution in [2.24, 2.45) is 0 Å². The maximum absolute atomic E-state index is 12.6. The summed E-state index contributed by atoms with van der Waals surface area (Å²) in [6.07, 6.45) is 19.7. The molecule has 40 heavy (non-hydrogen) atoms. The Hall–Kier alpha value is -3.28. The van der Waals surface area contributed by atoms with Gasteiger partial charge in [-0.15, -0.1) is 0 Å². The molecule has 1 aromatic heterocycles. The van der Waals surface area contributed by atoms with Gasteiger partial charge in [0.1, 0.15) is 11.5 Å². The number of hydrogen-bond donors (Lipinski definition) is 0. The molecule has 0 saturated heterocycles. The molecule has 0 amide bonds. The second-order valence-electron chi connectivity index (χ2n) is 10.4. The molecule has 1 heterocycles. The normalized spacial score (nSPS) is 10.9. The third-order valence-corrected chi connectivity index (χ3v) is 6.98. The molecule has 0 aliphatic heterocycles. The van der Waals surface area contributed by atoms with Crippen molar-refractivity contribution < 1.29 is 18.7 Å². The zero-order valence-corrected chi connectivity index (χ0v) is 24.1. The minimum Gasteiger partial charge on any atom is -0.494 e. The summed E-state index contributed by atoms with van der Waals surface area (Å²) in [6.45, 7) is 2.66. The lowest BCUT2D eigenvalue weighted by molar-refractivity contribution is 0.0734. The maximum atomic E-state index is 12.6. The molecule has 3 rings (SSSR count). The third kappa shape index (κ3) is 11.8. The summed E-state index contributed by atoms with van der Waals surface area (Å²) < 4.78 is 23.4. The van der Waals surface area contributed by atoms with Crippen LogP contribution in [0.15, 0.2) is 60.9 Å². The van der Waals surface area contributed by atoms with Crippen LogP contribution in [0.25, 0.3) is 11.4 Å². The van der Waals surface area contributed by atoms with Gasteiger partial charge in [-0.1, -0.05) is 71.1 Å². The van der Waals surface area contributed by atoms with Crippen molar-refractivity contribution in [2.45, 2.75) is 96.8 Å². The summed E-state index contributed by atoms with van der Waals surface area (Å²) in [5.41, 5.74) is 2.51. The van der Waals surface area contributed by atoms with Crippen LogP contribution in [0.4, 0.5) is 4.39 Å². The van der Waals surface area contributed by atoms with Gasteiger partial charge in [0.05, 0.1) is 18.8 Å². The van der Waals surface area contributed by atoms with Crippen LogP contribution in [0.5, 0.6) is 11.5 Å². The molecule has 216 valence electrons. The van der Waals surface area contributed by atoms with Crippen molar-refractivity contribution in [3.63, 3.8) is 0 Å². The van der Waals surface area contributed by atoms with Crippen LogP contribution < -0.4 is 9.47 Å². The van der Waals surface area contributed by atoms with Gasteiger partial charge in [0.25, 0.3) is 0 Å². The minimum atomic E-state index is -0.418. The number of carbonyl (C=O) groups is 1. The van der Waals surface area contributed by atoms with Gasteiger partial charge in [-0.3, -0.25) is 4.39 Å². The molecule has 0 unspecified atom stereocenters. The summed E-state index contributed by atoms with van der Waals surface area (Å²) in [7, 11) is 0. The van der Waals surface area contributed by atoms with E-state index in [-0.39, 0.29) is 6.67 Å². The predicted molar refractivity (Wildman–Crippen MR) is 160 cm³/mol. The number of halogens is 1. The Balaban J connectivity index is 1.37. The number of esters is 1. The van der Waals surface area contributed by atoms with Crippen molar-refractivity contribution in [2.75, 3.05) is 13.3 Å². The molecule has 0 N–H and O–H groups in total. The van der Waals surface area contributed by atoms with E-state index in [1.54, 1.807) is 36.4 Å². The number of benzene rings is 2. The Kier molecular flexibility index (Phi) is 14.8. The van der Waals surface area contributed by atoms with Crippen molar-refractivity contribution in [1.29, 1.82) is 0 Å². The molecule has 0 bridgehead atoms. The van der Waals surface area contributed by atoms with E-state index in [1.165, 1.54) is 50.5 Å².